The van der Waals surface area contributed by atoms with E-state index in [1.165, 1.54) is 0 Å². The number of piperazine rings is 1. The number of benzene rings is 2. The summed E-state index contributed by atoms with van der Waals surface area (Å²) in [6.45, 7) is 1.81. The largest absolute Gasteiger partial charge is 0.484 e. The zero-order valence-corrected chi connectivity index (χ0v) is 17.0. The van der Waals surface area contributed by atoms with Crippen LogP contribution in [0.4, 0.5) is 0 Å². The lowest BCUT2D eigenvalue weighted by Gasteiger charge is -2.34. The molecule has 0 spiro atoms. The number of rotatable bonds is 5. The Morgan fingerprint density at radius 2 is 2.00 bits per heavy atom. The second kappa shape index (κ2) is 8.82. The molecule has 0 radical (unpaired) electrons. The zero-order valence-electron chi connectivity index (χ0n) is 15.4. The van der Waals surface area contributed by atoms with Gasteiger partial charge in [0.2, 0.25) is 0 Å². The highest BCUT2D eigenvalue weighted by atomic mass is 35.5. The maximum Gasteiger partial charge on any atom is 0.261 e. The van der Waals surface area contributed by atoms with Gasteiger partial charge in [0.15, 0.2) is 12.4 Å². The molecule has 29 heavy (non-hydrogen) atoms. The van der Waals surface area contributed by atoms with Gasteiger partial charge in [0.05, 0.1) is 10.0 Å². The highest BCUT2D eigenvalue weighted by Crippen LogP contribution is 2.28. The Morgan fingerprint density at radius 1 is 1.17 bits per heavy atom. The second-order valence-corrected chi connectivity index (χ2v) is 7.40. The fourth-order valence-electron chi connectivity index (χ4n) is 3.18. The number of amides is 1. The number of carbonyl (C=O) groups is 1. The molecule has 2 N–H and O–H groups in total. The lowest BCUT2D eigenvalue weighted by atomic mass is 10.1. The number of halogens is 2. The summed E-state index contributed by atoms with van der Waals surface area (Å²) in [4.78, 5) is 19.1. The Labute approximate surface area is 178 Å². The molecule has 2 heterocycles. The molecule has 1 fully saturated rings. The SMILES string of the molecule is O=C(COc1ccccc1)N1CCNCC1c1nc(-c2ccc(Cl)c(Cl)c2)n[nH]1. The minimum absolute atomic E-state index is 0.0334. The van der Waals surface area contributed by atoms with Crippen molar-refractivity contribution in [2.75, 3.05) is 26.2 Å². The third-order valence-corrected chi connectivity index (χ3v) is 5.40. The fourth-order valence-corrected chi connectivity index (χ4v) is 3.48. The molecular formula is C20H19Cl2N5O2. The molecule has 1 saturated heterocycles. The van der Waals surface area contributed by atoms with Gasteiger partial charge in [-0.1, -0.05) is 41.4 Å². The number of aromatic nitrogens is 3. The standard InChI is InChI=1S/C20H19Cl2N5O2/c21-15-7-6-13(10-16(15)22)19-24-20(26-25-19)17-11-23-8-9-27(17)18(28)12-29-14-4-2-1-3-5-14/h1-7,10,17,23H,8-9,11-12H2,(H,24,25,26). The van der Waals surface area contributed by atoms with Gasteiger partial charge in [0.25, 0.3) is 5.91 Å². The Balaban J connectivity index is 1.49. The molecular weight excluding hydrogens is 413 g/mol. The van der Waals surface area contributed by atoms with Crippen LogP contribution in [0.5, 0.6) is 5.75 Å². The second-order valence-electron chi connectivity index (χ2n) is 6.58. The van der Waals surface area contributed by atoms with Crippen molar-refractivity contribution >= 4 is 29.1 Å². The molecule has 1 unspecified atom stereocenters. The van der Waals surface area contributed by atoms with Crippen molar-refractivity contribution in [1.29, 1.82) is 0 Å². The van der Waals surface area contributed by atoms with Crippen LogP contribution in [0.2, 0.25) is 10.0 Å². The first-order valence-corrected chi connectivity index (χ1v) is 9.93. The van der Waals surface area contributed by atoms with Crippen molar-refractivity contribution in [1.82, 2.24) is 25.4 Å². The highest BCUT2D eigenvalue weighted by Gasteiger charge is 2.30. The molecule has 1 amide bonds. The Bertz CT molecular complexity index is 996. The molecule has 4 rings (SSSR count). The molecule has 1 aliphatic rings. The van der Waals surface area contributed by atoms with Crippen LogP contribution in [-0.4, -0.2) is 52.2 Å². The molecule has 0 bridgehead atoms. The molecule has 3 aromatic rings. The molecule has 1 atom stereocenters. The summed E-state index contributed by atoms with van der Waals surface area (Å²) in [6, 6.07) is 14.2. The molecule has 150 valence electrons. The van der Waals surface area contributed by atoms with Crippen LogP contribution in [0.25, 0.3) is 11.4 Å². The van der Waals surface area contributed by atoms with Crippen LogP contribution in [-0.2, 0) is 4.79 Å². The minimum Gasteiger partial charge on any atom is -0.484 e. The van der Waals surface area contributed by atoms with Gasteiger partial charge in [-0.3, -0.25) is 9.89 Å². The zero-order chi connectivity index (χ0) is 20.2. The van der Waals surface area contributed by atoms with E-state index < -0.39 is 0 Å². The first kappa shape index (κ1) is 19.7. The van der Waals surface area contributed by atoms with Crippen LogP contribution in [0, 0.1) is 0 Å². The summed E-state index contributed by atoms with van der Waals surface area (Å²) >= 11 is 12.1. The summed E-state index contributed by atoms with van der Waals surface area (Å²) in [5, 5.41) is 11.4. The average molecular weight is 432 g/mol. The smallest absolute Gasteiger partial charge is 0.261 e. The maximum atomic E-state index is 12.8. The van der Waals surface area contributed by atoms with Crippen LogP contribution in [0.3, 0.4) is 0 Å². The Morgan fingerprint density at radius 3 is 2.79 bits per heavy atom. The molecule has 2 aromatic carbocycles. The molecule has 0 saturated carbocycles. The van der Waals surface area contributed by atoms with Gasteiger partial charge in [0.1, 0.15) is 17.6 Å². The summed E-state index contributed by atoms with van der Waals surface area (Å²) < 4.78 is 5.62. The van der Waals surface area contributed by atoms with E-state index in [0.717, 1.165) is 5.56 Å². The van der Waals surface area contributed by atoms with Crippen molar-refractivity contribution in [2.24, 2.45) is 0 Å². The fraction of sp³-hybridized carbons (Fsp3) is 0.250. The Kier molecular flexibility index (Phi) is 5.99. The van der Waals surface area contributed by atoms with E-state index in [1.807, 2.05) is 30.3 Å². The predicted octanol–water partition coefficient (Wildman–Crippen LogP) is 3.33. The van der Waals surface area contributed by atoms with Gasteiger partial charge in [-0.15, -0.1) is 0 Å². The number of nitrogens with zero attached hydrogens (tertiary/aromatic N) is 3. The van der Waals surface area contributed by atoms with Gasteiger partial charge < -0.3 is 15.0 Å². The third-order valence-electron chi connectivity index (χ3n) is 4.67. The molecule has 0 aliphatic carbocycles. The monoisotopic (exact) mass is 431 g/mol. The van der Waals surface area contributed by atoms with E-state index in [-0.39, 0.29) is 18.6 Å². The predicted molar refractivity (Wildman–Crippen MR) is 111 cm³/mol. The Hall–Kier alpha value is -2.61. The maximum absolute atomic E-state index is 12.8. The van der Waals surface area contributed by atoms with Crippen LogP contribution < -0.4 is 10.1 Å². The first-order chi connectivity index (χ1) is 14.1. The lowest BCUT2D eigenvalue weighted by molar-refractivity contribution is -0.137. The number of para-hydroxylation sites is 1. The topological polar surface area (TPSA) is 83.1 Å². The molecule has 1 aromatic heterocycles. The third kappa shape index (κ3) is 4.53. The average Bonchev–Trinajstić information content (AvgIpc) is 3.25. The molecule has 9 heteroatoms. The van der Waals surface area contributed by atoms with Crippen LogP contribution in [0.15, 0.2) is 48.5 Å². The summed E-state index contributed by atoms with van der Waals surface area (Å²) in [7, 11) is 0. The number of hydrogen-bond donors (Lipinski definition) is 2. The van der Waals surface area contributed by atoms with Gasteiger partial charge >= 0.3 is 0 Å². The molecule has 7 nitrogen and oxygen atoms in total. The number of nitrogens with one attached hydrogen (secondary N) is 2. The van der Waals surface area contributed by atoms with Gasteiger partial charge in [-0.05, 0) is 30.3 Å². The molecule has 1 aliphatic heterocycles. The quantitative estimate of drug-likeness (QED) is 0.647. The summed E-state index contributed by atoms with van der Waals surface area (Å²) in [5.74, 6) is 1.66. The van der Waals surface area contributed by atoms with Crippen molar-refractivity contribution in [2.45, 2.75) is 6.04 Å². The van der Waals surface area contributed by atoms with Gasteiger partial charge in [-0.25, -0.2) is 4.98 Å². The van der Waals surface area contributed by atoms with E-state index in [2.05, 4.69) is 20.5 Å². The first-order valence-electron chi connectivity index (χ1n) is 9.17. The summed E-state index contributed by atoms with van der Waals surface area (Å²) in [5.41, 5.74) is 0.746. The van der Waals surface area contributed by atoms with Crippen LogP contribution in [0.1, 0.15) is 11.9 Å². The number of carbonyl (C=O) groups excluding carboxylic acids is 1. The van der Waals surface area contributed by atoms with E-state index in [9.17, 15) is 4.79 Å². The number of H-pyrrole nitrogens is 1. The van der Waals surface area contributed by atoms with Crippen molar-refractivity contribution in [3.8, 4) is 17.1 Å². The van der Waals surface area contributed by atoms with Gasteiger partial charge in [0, 0.05) is 25.2 Å². The van der Waals surface area contributed by atoms with E-state index >= 15 is 0 Å². The normalized spacial score (nSPS) is 16.6. The number of ether oxygens (including phenoxy) is 1. The van der Waals surface area contributed by atoms with Crippen molar-refractivity contribution in [3.05, 3.63) is 64.4 Å². The lowest BCUT2D eigenvalue weighted by Crippen LogP contribution is -2.50. The number of hydrogen-bond acceptors (Lipinski definition) is 5. The van der Waals surface area contributed by atoms with E-state index in [0.29, 0.717) is 47.1 Å². The number of aromatic amines is 1. The van der Waals surface area contributed by atoms with Crippen molar-refractivity contribution < 1.29 is 9.53 Å². The van der Waals surface area contributed by atoms with Gasteiger partial charge in [-0.2, -0.15) is 5.10 Å². The van der Waals surface area contributed by atoms with Crippen molar-refractivity contribution in [3.63, 3.8) is 0 Å². The summed E-state index contributed by atoms with van der Waals surface area (Å²) in [6.07, 6.45) is 0. The minimum atomic E-state index is -0.264. The van der Waals surface area contributed by atoms with Crippen LogP contribution >= 0.6 is 23.2 Å². The highest BCUT2D eigenvalue weighted by molar-refractivity contribution is 6.42. The van der Waals surface area contributed by atoms with E-state index in [1.54, 1.807) is 23.1 Å². The van der Waals surface area contributed by atoms with E-state index in [4.69, 9.17) is 27.9 Å².